The van der Waals surface area contributed by atoms with Crippen molar-refractivity contribution < 1.29 is 14.6 Å². The topological polar surface area (TPSA) is 63.0 Å². The lowest BCUT2D eigenvalue weighted by Gasteiger charge is -2.14. The monoisotopic (exact) mass is 344 g/mol. The highest BCUT2D eigenvalue weighted by Gasteiger charge is 2.15. The average molecular weight is 345 g/mol. The third-order valence-electron chi connectivity index (χ3n) is 3.82. The van der Waals surface area contributed by atoms with E-state index >= 15 is 0 Å². The molecule has 3 aromatic rings. The lowest BCUT2D eigenvalue weighted by atomic mass is 10.2. The van der Waals surface area contributed by atoms with E-state index in [0.29, 0.717) is 23.0 Å². The molecule has 0 radical (unpaired) electrons. The molecule has 0 saturated heterocycles. The SMILES string of the molecule is COc1ccc(Cl)cc1CNc1ccc2cc(C)cn2c1C(=O)O. The van der Waals surface area contributed by atoms with Gasteiger partial charge in [-0.1, -0.05) is 11.6 Å². The highest BCUT2D eigenvalue weighted by molar-refractivity contribution is 6.30. The van der Waals surface area contributed by atoms with Gasteiger partial charge in [-0.05, 0) is 48.9 Å². The largest absolute Gasteiger partial charge is 0.496 e. The summed E-state index contributed by atoms with van der Waals surface area (Å²) in [6.07, 6.45) is 1.81. The van der Waals surface area contributed by atoms with Crippen LogP contribution in [0.1, 0.15) is 21.6 Å². The van der Waals surface area contributed by atoms with E-state index in [9.17, 15) is 9.90 Å². The number of aromatic nitrogens is 1. The first-order chi connectivity index (χ1) is 11.5. The number of hydrogen-bond acceptors (Lipinski definition) is 3. The van der Waals surface area contributed by atoms with Crippen molar-refractivity contribution in [1.82, 2.24) is 4.40 Å². The molecule has 0 spiro atoms. The van der Waals surface area contributed by atoms with Crippen molar-refractivity contribution in [3.05, 3.63) is 64.4 Å². The number of ether oxygens (including phenoxy) is 1. The number of aromatic carboxylic acids is 1. The zero-order chi connectivity index (χ0) is 17.3. The van der Waals surface area contributed by atoms with Crippen molar-refractivity contribution in [3.63, 3.8) is 0 Å². The van der Waals surface area contributed by atoms with E-state index < -0.39 is 5.97 Å². The van der Waals surface area contributed by atoms with E-state index in [2.05, 4.69) is 5.32 Å². The first-order valence-electron chi connectivity index (χ1n) is 7.41. The molecule has 3 rings (SSSR count). The van der Waals surface area contributed by atoms with Crippen LogP contribution in [-0.4, -0.2) is 22.6 Å². The number of halogens is 1. The summed E-state index contributed by atoms with van der Waals surface area (Å²) >= 11 is 6.04. The molecule has 0 saturated carbocycles. The molecule has 0 aliphatic carbocycles. The Morgan fingerprint density at radius 3 is 2.79 bits per heavy atom. The van der Waals surface area contributed by atoms with Gasteiger partial charge in [-0.15, -0.1) is 0 Å². The number of benzene rings is 1. The Balaban J connectivity index is 1.97. The van der Waals surface area contributed by atoms with Crippen molar-refractivity contribution in [1.29, 1.82) is 0 Å². The van der Waals surface area contributed by atoms with Gasteiger partial charge in [0.1, 0.15) is 5.75 Å². The summed E-state index contributed by atoms with van der Waals surface area (Å²) in [5.41, 5.74) is 3.43. The predicted octanol–water partition coefficient (Wildman–Crippen LogP) is 4.22. The Bertz CT molecular complexity index is 918. The number of nitrogens with one attached hydrogen (secondary N) is 1. The lowest BCUT2D eigenvalue weighted by molar-refractivity contribution is 0.0690. The number of anilines is 1. The Hall–Kier alpha value is -2.66. The molecule has 2 aromatic heterocycles. The minimum absolute atomic E-state index is 0.196. The standard InChI is InChI=1S/C18H17ClN2O3/c1-11-7-14-4-5-15(17(18(22)23)21(14)10-11)20-9-12-8-13(19)3-6-16(12)24-2/h3-8,10,20H,9H2,1-2H3,(H,22,23). The number of hydrogen-bond donors (Lipinski definition) is 2. The van der Waals surface area contributed by atoms with Crippen LogP contribution in [0.3, 0.4) is 0 Å². The van der Waals surface area contributed by atoms with Crippen LogP contribution in [0.5, 0.6) is 5.75 Å². The summed E-state index contributed by atoms with van der Waals surface area (Å²) in [4.78, 5) is 11.7. The van der Waals surface area contributed by atoms with Gasteiger partial charge in [-0.2, -0.15) is 0 Å². The lowest BCUT2D eigenvalue weighted by Crippen LogP contribution is -2.11. The van der Waals surface area contributed by atoms with E-state index in [-0.39, 0.29) is 5.69 Å². The number of carboxylic acid groups (broad SMARTS) is 1. The van der Waals surface area contributed by atoms with Crippen molar-refractivity contribution >= 4 is 28.8 Å². The smallest absolute Gasteiger partial charge is 0.355 e. The first kappa shape index (κ1) is 16.2. The highest BCUT2D eigenvalue weighted by Crippen LogP contribution is 2.25. The molecule has 5 nitrogen and oxygen atoms in total. The van der Waals surface area contributed by atoms with E-state index in [1.165, 1.54) is 0 Å². The molecule has 0 aliphatic rings. The second-order valence-corrected chi connectivity index (χ2v) is 5.96. The first-order valence-corrected chi connectivity index (χ1v) is 7.78. The Kier molecular flexibility index (Phi) is 4.36. The average Bonchev–Trinajstić information content (AvgIpc) is 2.92. The van der Waals surface area contributed by atoms with Crippen LogP contribution >= 0.6 is 11.6 Å². The van der Waals surface area contributed by atoms with Crippen LogP contribution in [-0.2, 0) is 6.54 Å². The fourth-order valence-electron chi connectivity index (χ4n) is 2.75. The summed E-state index contributed by atoms with van der Waals surface area (Å²) in [6, 6.07) is 10.9. The van der Waals surface area contributed by atoms with Crippen molar-refractivity contribution in [2.75, 3.05) is 12.4 Å². The fourth-order valence-corrected chi connectivity index (χ4v) is 2.95. The maximum atomic E-state index is 11.7. The van der Waals surface area contributed by atoms with Crippen LogP contribution in [0.2, 0.25) is 5.02 Å². The summed E-state index contributed by atoms with van der Waals surface area (Å²) in [7, 11) is 1.59. The van der Waals surface area contributed by atoms with Crippen LogP contribution in [0.4, 0.5) is 5.69 Å². The number of carboxylic acids is 1. The van der Waals surface area contributed by atoms with Gasteiger partial charge in [0.15, 0.2) is 5.69 Å². The second-order valence-electron chi connectivity index (χ2n) is 5.52. The number of nitrogens with zero attached hydrogens (tertiary/aromatic N) is 1. The highest BCUT2D eigenvalue weighted by atomic mass is 35.5. The summed E-state index contributed by atoms with van der Waals surface area (Å²) in [5, 5.41) is 13.4. The number of aryl methyl sites for hydroxylation is 1. The molecule has 24 heavy (non-hydrogen) atoms. The van der Waals surface area contributed by atoms with Gasteiger partial charge in [-0.25, -0.2) is 4.79 Å². The molecule has 0 unspecified atom stereocenters. The molecule has 0 amide bonds. The van der Waals surface area contributed by atoms with E-state index in [1.54, 1.807) is 35.8 Å². The zero-order valence-corrected chi connectivity index (χ0v) is 14.1. The molecule has 0 bridgehead atoms. The maximum absolute atomic E-state index is 11.7. The maximum Gasteiger partial charge on any atom is 0.355 e. The molecule has 0 fully saturated rings. The summed E-state index contributed by atoms with van der Waals surface area (Å²) < 4.78 is 7.00. The summed E-state index contributed by atoms with van der Waals surface area (Å²) in [5.74, 6) is -0.293. The molecular formula is C18H17ClN2O3. The molecule has 0 aliphatic heterocycles. The van der Waals surface area contributed by atoms with Gasteiger partial charge in [0.05, 0.1) is 12.8 Å². The number of rotatable bonds is 5. The van der Waals surface area contributed by atoms with E-state index in [0.717, 1.165) is 16.6 Å². The quantitative estimate of drug-likeness (QED) is 0.727. The van der Waals surface area contributed by atoms with E-state index in [1.807, 2.05) is 25.3 Å². The second kappa shape index (κ2) is 6.45. The summed E-state index contributed by atoms with van der Waals surface area (Å²) in [6.45, 7) is 2.33. The van der Waals surface area contributed by atoms with Gasteiger partial charge < -0.3 is 19.6 Å². The molecule has 0 atom stereocenters. The van der Waals surface area contributed by atoms with Crippen LogP contribution in [0.15, 0.2) is 42.6 Å². The van der Waals surface area contributed by atoms with Crippen molar-refractivity contribution in [2.45, 2.75) is 13.5 Å². The molecule has 2 heterocycles. The van der Waals surface area contributed by atoms with Crippen LogP contribution < -0.4 is 10.1 Å². The van der Waals surface area contributed by atoms with Gasteiger partial charge in [-0.3, -0.25) is 0 Å². The van der Waals surface area contributed by atoms with Gasteiger partial charge in [0.25, 0.3) is 0 Å². The minimum atomic E-state index is -0.989. The number of methoxy groups -OCH3 is 1. The Morgan fingerprint density at radius 1 is 1.29 bits per heavy atom. The third kappa shape index (κ3) is 3.03. The fraction of sp³-hybridized carbons (Fsp3) is 0.167. The van der Waals surface area contributed by atoms with Gasteiger partial charge >= 0.3 is 5.97 Å². The normalized spacial score (nSPS) is 10.8. The number of pyridine rings is 1. The molecule has 1 aromatic carbocycles. The minimum Gasteiger partial charge on any atom is -0.496 e. The Labute approximate surface area is 144 Å². The van der Waals surface area contributed by atoms with Crippen LogP contribution in [0.25, 0.3) is 5.52 Å². The Morgan fingerprint density at radius 2 is 2.08 bits per heavy atom. The number of carbonyl (C=O) groups is 1. The third-order valence-corrected chi connectivity index (χ3v) is 4.05. The van der Waals surface area contributed by atoms with Gasteiger partial charge in [0, 0.05) is 28.8 Å². The predicted molar refractivity (Wildman–Crippen MR) is 94.4 cm³/mol. The van der Waals surface area contributed by atoms with Crippen molar-refractivity contribution in [3.8, 4) is 5.75 Å². The van der Waals surface area contributed by atoms with Crippen LogP contribution in [0, 0.1) is 6.92 Å². The van der Waals surface area contributed by atoms with E-state index in [4.69, 9.17) is 16.3 Å². The molecule has 6 heteroatoms. The number of fused-ring (bicyclic) bond motifs is 1. The molecule has 124 valence electrons. The zero-order valence-electron chi connectivity index (χ0n) is 13.3. The van der Waals surface area contributed by atoms with Gasteiger partial charge in [0.2, 0.25) is 0 Å². The molecule has 2 N–H and O–H groups in total. The van der Waals surface area contributed by atoms with Crippen molar-refractivity contribution in [2.24, 2.45) is 0 Å². The molecular weight excluding hydrogens is 328 g/mol.